The second kappa shape index (κ2) is 6.39. The summed E-state index contributed by atoms with van der Waals surface area (Å²) >= 11 is 5.79. The molecule has 0 aliphatic heterocycles. The van der Waals surface area contributed by atoms with E-state index in [4.69, 9.17) is 11.6 Å². The monoisotopic (exact) mass is 352 g/mol. The van der Waals surface area contributed by atoms with E-state index in [2.05, 4.69) is 15.4 Å². The standard InChI is InChI=1S/C16H18ClFN4O2/c1-22-15(24)20-13(21-22)14(23)19-9-16(5-2-6-16)8-10-3-4-11(17)7-12(10)18/h3-4,7H,2,5-6,8-9H2,1H3,(H,19,23)(H,20,21,24). The number of benzene rings is 1. The van der Waals surface area contributed by atoms with Crippen LogP contribution in [-0.4, -0.2) is 27.2 Å². The lowest BCUT2D eigenvalue weighted by Gasteiger charge is -2.42. The number of H-pyrrole nitrogens is 1. The maximum absolute atomic E-state index is 14.0. The molecule has 1 fully saturated rings. The molecule has 0 atom stereocenters. The van der Waals surface area contributed by atoms with Crippen molar-refractivity contribution in [1.82, 2.24) is 20.1 Å². The number of aromatic nitrogens is 3. The van der Waals surface area contributed by atoms with Gasteiger partial charge in [0.15, 0.2) is 0 Å². The summed E-state index contributed by atoms with van der Waals surface area (Å²) in [5.41, 5.74) is -0.0132. The molecule has 0 saturated heterocycles. The average molecular weight is 353 g/mol. The molecule has 0 radical (unpaired) electrons. The molecule has 1 saturated carbocycles. The molecular formula is C16H18ClFN4O2. The van der Waals surface area contributed by atoms with Gasteiger partial charge in [-0.25, -0.2) is 13.9 Å². The van der Waals surface area contributed by atoms with Crippen molar-refractivity contribution in [2.75, 3.05) is 6.54 Å². The van der Waals surface area contributed by atoms with Crippen molar-refractivity contribution in [2.24, 2.45) is 12.5 Å². The highest BCUT2D eigenvalue weighted by atomic mass is 35.5. The van der Waals surface area contributed by atoms with Crippen LogP contribution in [0.5, 0.6) is 0 Å². The molecule has 1 aromatic heterocycles. The van der Waals surface area contributed by atoms with Crippen molar-refractivity contribution < 1.29 is 9.18 Å². The molecule has 3 rings (SSSR count). The molecule has 6 nitrogen and oxygen atoms in total. The Labute approximate surface area is 143 Å². The number of rotatable bonds is 5. The largest absolute Gasteiger partial charge is 0.349 e. The molecular weight excluding hydrogens is 335 g/mol. The Morgan fingerprint density at radius 2 is 2.25 bits per heavy atom. The van der Waals surface area contributed by atoms with Gasteiger partial charge in [-0.15, -0.1) is 5.10 Å². The number of nitrogens with one attached hydrogen (secondary N) is 2. The van der Waals surface area contributed by atoms with Crippen LogP contribution in [0.2, 0.25) is 5.02 Å². The van der Waals surface area contributed by atoms with Crippen molar-refractivity contribution in [2.45, 2.75) is 25.7 Å². The minimum absolute atomic E-state index is 0.0188. The first kappa shape index (κ1) is 16.7. The molecule has 2 N–H and O–H groups in total. The molecule has 128 valence electrons. The number of hydrogen-bond acceptors (Lipinski definition) is 3. The first-order chi connectivity index (χ1) is 11.4. The van der Waals surface area contributed by atoms with E-state index in [0.29, 0.717) is 23.6 Å². The van der Waals surface area contributed by atoms with Gasteiger partial charge in [-0.1, -0.05) is 24.1 Å². The third-order valence-corrected chi connectivity index (χ3v) is 4.84. The molecule has 1 heterocycles. The van der Waals surface area contributed by atoms with Gasteiger partial charge in [0.05, 0.1) is 0 Å². The van der Waals surface area contributed by atoms with Crippen molar-refractivity contribution in [1.29, 1.82) is 0 Å². The van der Waals surface area contributed by atoms with E-state index >= 15 is 0 Å². The van der Waals surface area contributed by atoms with Crippen LogP contribution < -0.4 is 11.0 Å². The van der Waals surface area contributed by atoms with Crippen molar-refractivity contribution in [3.8, 4) is 0 Å². The fourth-order valence-electron chi connectivity index (χ4n) is 3.02. The van der Waals surface area contributed by atoms with Gasteiger partial charge in [0.25, 0.3) is 5.91 Å². The predicted molar refractivity (Wildman–Crippen MR) is 87.6 cm³/mol. The summed E-state index contributed by atoms with van der Waals surface area (Å²) in [6.07, 6.45) is 3.41. The van der Waals surface area contributed by atoms with Gasteiger partial charge in [0, 0.05) is 18.6 Å². The second-order valence-corrected chi connectivity index (χ2v) is 6.79. The SMILES string of the molecule is Cn1nc(C(=O)NCC2(Cc3ccc(Cl)cc3F)CCC2)[nH]c1=O. The molecule has 24 heavy (non-hydrogen) atoms. The molecule has 1 aliphatic carbocycles. The zero-order valence-corrected chi connectivity index (χ0v) is 14.0. The van der Waals surface area contributed by atoms with Crippen LogP contribution in [0.25, 0.3) is 0 Å². The summed E-state index contributed by atoms with van der Waals surface area (Å²) in [6.45, 7) is 0.409. The van der Waals surface area contributed by atoms with Gasteiger partial charge in [-0.05, 0) is 42.4 Å². The second-order valence-electron chi connectivity index (χ2n) is 6.35. The van der Waals surface area contributed by atoms with Gasteiger partial charge >= 0.3 is 5.69 Å². The molecule has 1 aromatic carbocycles. The van der Waals surface area contributed by atoms with Gasteiger partial charge in [-0.2, -0.15) is 0 Å². The van der Waals surface area contributed by atoms with Crippen molar-refractivity contribution in [3.63, 3.8) is 0 Å². The average Bonchev–Trinajstić information content (AvgIpc) is 2.83. The van der Waals surface area contributed by atoms with Gasteiger partial charge < -0.3 is 5.32 Å². The number of nitrogens with zero attached hydrogens (tertiary/aromatic N) is 2. The fraction of sp³-hybridized carbons (Fsp3) is 0.438. The van der Waals surface area contributed by atoms with Crippen LogP contribution >= 0.6 is 11.6 Å². The van der Waals surface area contributed by atoms with E-state index < -0.39 is 11.6 Å². The highest BCUT2D eigenvalue weighted by molar-refractivity contribution is 6.30. The van der Waals surface area contributed by atoms with E-state index in [9.17, 15) is 14.0 Å². The summed E-state index contributed by atoms with van der Waals surface area (Å²) < 4.78 is 15.1. The Morgan fingerprint density at radius 3 is 2.79 bits per heavy atom. The van der Waals surface area contributed by atoms with Crippen molar-refractivity contribution in [3.05, 3.63) is 50.9 Å². The number of halogens is 2. The fourth-order valence-corrected chi connectivity index (χ4v) is 3.18. The highest BCUT2D eigenvalue weighted by Gasteiger charge is 2.38. The first-order valence-electron chi connectivity index (χ1n) is 7.74. The summed E-state index contributed by atoms with van der Waals surface area (Å²) in [4.78, 5) is 25.8. The number of aryl methyl sites for hydroxylation is 1. The Bertz CT molecular complexity index is 826. The third-order valence-electron chi connectivity index (χ3n) is 4.60. The Morgan fingerprint density at radius 1 is 1.50 bits per heavy atom. The topological polar surface area (TPSA) is 79.8 Å². The molecule has 0 spiro atoms. The molecule has 8 heteroatoms. The van der Waals surface area contributed by atoms with Crippen LogP contribution in [-0.2, 0) is 13.5 Å². The maximum Gasteiger partial charge on any atom is 0.343 e. The van der Waals surface area contributed by atoms with E-state index in [1.807, 2.05) is 0 Å². The number of amides is 1. The number of carbonyl (C=O) groups excluding carboxylic acids is 1. The molecule has 1 amide bonds. The lowest BCUT2D eigenvalue weighted by atomic mass is 9.65. The van der Waals surface area contributed by atoms with E-state index in [1.165, 1.54) is 13.1 Å². The van der Waals surface area contributed by atoms with Crippen LogP contribution in [0.4, 0.5) is 4.39 Å². The third kappa shape index (κ3) is 3.36. The lowest BCUT2D eigenvalue weighted by Crippen LogP contribution is -2.44. The summed E-state index contributed by atoms with van der Waals surface area (Å²) in [6, 6.07) is 4.67. The van der Waals surface area contributed by atoms with Crippen LogP contribution in [0.3, 0.4) is 0 Å². The van der Waals surface area contributed by atoms with Gasteiger partial charge in [-0.3, -0.25) is 9.78 Å². The van der Waals surface area contributed by atoms with Gasteiger partial charge in [0.1, 0.15) is 5.82 Å². The van der Waals surface area contributed by atoms with Crippen LogP contribution in [0.15, 0.2) is 23.0 Å². The minimum atomic E-state index is -0.443. The number of aromatic amines is 1. The zero-order chi connectivity index (χ0) is 17.3. The molecule has 0 bridgehead atoms. The first-order valence-corrected chi connectivity index (χ1v) is 8.12. The summed E-state index contributed by atoms with van der Waals surface area (Å²) in [7, 11) is 1.46. The highest BCUT2D eigenvalue weighted by Crippen LogP contribution is 2.43. The van der Waals surface area contributed by atoms with E-state index in [1.54, 1.807) is 12.1 Å². The molecule has 2 aromatic rings. The Kier molecular flexibility index (Phi) is 4.45. The molecule has 1 aliphatic rings. The van der Waals surface area contributed by atoms with E-state index in [-0.39, 0.29) is 17.1 Å². The summed E-state index contributed by atoms with van der Waals surface area (Å²) in [5, 5.41) is 6.99. The normalized spacial score (nSPS) is 15.8. The van der Waals surface area contributed by atoms with Crippen LogP contribution in [0, 0.1) is 11.2 Å². The predicted octanol–water partition coefficient (Wildman–Crippen LogP) is 2.04. The van der Waals surface area contributed by atoms with E-state index in [0.717, 1.165) is 23.9 Å². The Balaban J connectivity index is 1.67. The lowest BCUT2D eigenvalue weighted by molar-refractivity contribution is 0.0848. The number of hydrogen-bond donors (Lipinski definition) is 2. The summed E-state index contributed by atoms with van der Waals surface area (Å²) in [5.74, 6) is -0.778. The van der Waals surface area contributed by atoms with Gasteiger partial charge in [0.2, 0.25) is 5.82 Å². The van der Waals surface area contributed by atoms with Crippen molar-refractivity contribution >= 4 is 17.5 Å². The quantitative estimate of drug-likeness (QED) is 0.864. The Hall–Kier alpha value is -2.15. The zero-order valence-electron chi connectivity index (χ0n) is 13.2. The van der Waals surface area contributed by atoms with Crippen LogP contribution in [0.1, 0.15) is 35.4 Å². The molecule has 0 unspecified atom stereocenters. The smallest absolute Gasteiger partial charge is 0.343 e. The maximum atomic E-state index is 14.0. The number of carbonyl (C=O) groups is 1. The minimum Gasteiger partial charge on any atom is -0.349 e.